The van der Waals surface area contributed by atoms with Crippen molar-refractivity contribution >= 4 is 31.4 Å². The molecular formula is C21H29N3O6S2. The number of urea groups is 1. The Balaban J connectivity index is 2.04. The van der Waals surface area contributed by atoms with E-state index in [1.54, 1.807) is 6.92 Å². The van der Waals surface area contributed by atoms with Crippen LogP contribution in [0.25, 0.3) is 0 Å². The van der Waals surface area contributed by atoms with Crippen LogP contribution in [0.4, 0.5) is 10.5 Å². The van der Waals surface area contributed by atoms with E-state index in [4.69, 9.17) is 4.74 Å². The summed E-state index contributed by atoms with van der Waals surface area (Å²) in [5.74, 6) is 0.683. The number of amides is 2. The minimum atomic E-state index is -3.82. The summed E-state index contributed by atoms with van der Waals surface area (Å²) >= 11 is 0. The van der Waals surface area contributed by atoms with E-state index in [1.807, 2.05) is 19.1 Å². The first kappa shape index (κ1) is 25.5. The molecule has 32 heavy (non-hydrogen) atoms. The van der Waals surface area contributed by atoms with Crippen LogP contribution in [0.2, 0.25) is 0 Å². The van der Waals surface area contributed by atoms with E-state index in [0.29, 0.717) is 11.3 Å². The number of ether oxygens (including phenoxy) is 1. The van der Waals surface area contributed by atoms with Crippen LogP contribution in [0.1, 0.15) is 30.5 Å². The van der Waals surface area contributed by atoms with Gasteiger partial charge in [0.05, 0.1) is 15.5 Å². The SMILES string of the molecule is CCc1ccc(OCNC(=O)NNc2cc(S(C)(=O)=O)c(S(C)(=O)=O)cc2C)c(CC)c1. The van der Waals surface area contributed by atoms with Gasteiger partial charge in [-0.1, -0.05) is 26.0 Å². The van der Waals surface area contributed by atoms with E-state index in [0.717, 1.165) is 30.9 Å². The molecule has 9 nitrogen and oxygen atoms in total. The second kappa shape index (κ2) is 10.2. The van der Waals surface area contributed by atoms with Crippen molar-refractivity contribution in [1.82, 2.24) is 10.7 Å². The van der Waals surface area contributed by atoms with Crippen LogP contribution in [-0.2, 0) is 32.5 Å². The second-order valence-corrected chi connectivity index (χ2v) is 11.3. The molecule has 0 atom stereocenters. The van der Waals surface area contributed by atoms with E-state index in [-0.39, 0.29) is 22.2 Å². The van der Waals surface area contributed by atoms with Crippen LogP contribution >= 0.6 is 0 Å². The third-order valence-corrected chi connectivity index (χ3v) is 7.18. The summed E-state index contributed by atoms with van der Waals surface area (Å²) in [6.07, 6.45) is 3.58. The average molecular weight is 484 g/mol. The molecule has 0 aliphatic carbocycles. The normalized spacial score (nSPS) is 11.7. The number of nitrogens with one attached hydrogen (secondary N) is 3. The highest BCUT2D eigenvalue weighted by Crippen LogP contribution is 2.28. The van der Waals surface area contributed by atoms with E-state index in [2.05, 4.69) is 29.2 Å². The van der Waals surface area contributed by atoms with Gasteiger partial charge in [0.15, 0.2) is 26.4 Å². The number of hydrogen-bond acceptors (Lipinski definition) is 7. The molecule has 0 unspecified atom stereocenters. The zero-order valence-corrected chi connectivity index (χ0v) is 20.4. The lowest BCUT2D eigenvalue weighted by atomic mass is 10.1. The molecule has 0 aromatic heterocycles. The zero-order chi connectivity index (χ0) is 24.1. The first-order chi connectivity index (χ1) is 14.9. The van der Waals surface area contributed by atoms with Crippen molar-refractivity contribution < 1.29 is 26.4 Å². The Morgan fingerprint density at radius 1 is 0.938 bits per heavy atom. The first-order valence-electron chi connectivity index (χ1n) is 9.96. The standard InChI is InChI=1S/C21H29N3O6S2/c1-6-15-8-9-18(16(7-2)11-15)30-13-22-21(25)24-23-17-12-20(32(5,28)29)19(10-14(17)3)31(4,26)27/h8-12,23H,6-7,13H2,1-5H3,(H2,22,24,25). The number of hydrogen-bond donors (Lipinski definition) is 3. The van der Waals surface area contributed by atoms with Crippen molar-refractivity contribution in [2.75, 3.05) is 24.7 Å². The predicted octanol–water partition coefficient (Wildman–Crippen LogP) is 2.59. The number of sulfone groups is 2. The molecule has 3 N–H and O–H groups in total. The molecule has 2 aromatic carbocycles. The quantitative estimate of drug-likeness (QED) is 0.369. The van der Waals surface area contributed by atoms with Crippen molar-refractivity contribution in [3.05, 3.63) is 47.0 Å². The summed E-state index contributed by atoms with van der Waals surface area (Å²) in [5, 5.41) is 2.53. The van der Waals surface area contributed by atoms with Gasteiger partial charge in [-0.3, -0.25) is 10.9 Å². The van der Waals surface area contributed by atoms with E-state index in [9.17, 15) is 21.6 Å². The van der Waals surface area contributed by atoms with E-state index < -0.39 is 25.7 Å². The van der Waals surface area contributed by atoms with Gasteiger partial charge >= 0.3 is 6.03 Å². The van der Waals surface area contributed by atoms with Gasteiger partial charge in [-0.25, -0.2) is 21.6 Å². The van der Waals surface area contributed by atoms with Crippen molar-refractivity contribution in [2.24, 2.45) is 0 Å². The Morgan fingerprint density at radius 2 is 1.56 bits per heavy atom. The van der Waals surface area contributed by atoms with Crippen LogP contribution in [0.3, 0.4) is 0 Å². The van der Waals surface area contributed by atoms with Crippen molar-refractivity contribution in [2.45, 2.75) is 43.4 Å². The number of hydrazine groups is 1. The minimum Gasteiger partial charge on any atom is -0.473 e. The molecule has 176 valence electrons. The number of anilines is 1. The maximum Gasteiger partial charge on any atom is 0.336 e. The summed E-state index contributed by atoms with van der Waals surface area (Å²) < 4.78 is 53.7. The molecule has 0 heterocycles. The van der Waals surface area contributed by atoms with E-state index >= 15 is 0 Å². The molecule has 0 aliphatic rings. The Bertz CT molecular complexity index is 1210. The summed E-state index contributed by atoms with van der Waals surface area (Å²) in [7, 11) is -7.58. The average Bonchev–Trinajstić information content (AvgIpc) is 2.71. The number of aryl methyl sites for hydroxylation is 3. The second-order valence-electron chi connectivity index (χ2n) is 7.35. The molecule has 11 heteroatoms. The minimum absolute atomic E-state index is 0.0768. The van der Waals surface area contributed by atoms with Gasteiger partial charge < -0.3 is 10.1 Å². The van der Waals surface area contributed by atoms with E-state index in [1.165, 1.54) is 17.7 Å². The number of carbonyl (C=O) groups excluding carboxylic acids is 1. The van der Waals surface area contributed by atoms with Crippen LogP contribution < -0.4 is 20.9 Å². The molecular weight excluding hydrogens is 454 g/mol. The zero-order valence-electron chi connectivity index (χ0n) is 18.8. The highest BCUT2D eigenvalue weighted by molar-refractivity contribution is 7.93. The van der Waals surface area contributed by atoms with Gasteiger partial charge in [-0.05, 0) is 54.7 Å². The van der Waals surface area contributed by atoms with Gasteiger partial charge in [-0.2, -0.15) is 0 Å². The fourth-order valence-corrected chi connectivity index (χ4v) is 5.47. The topological polar surface area (TPSA) is 131 Å². The Morgan fingerprint density at radius 3 is 2.12 bits per heavy atom. The lowest BCUT2D eigenvalue weighted by Gasteiger charge is -2.16. The smallest absolute Gasteiger partial charge is 0.336 e. The molecule has 0 saturated heterocycles. The number of rotatable bonds is 9. The van der Waals surface area contributed by atoms with Crippen molar-refractivity contribution in [3.63, 3.8) is 0 Å². The maximum atomic E-state index is 12.1. The molecule has 2 amide bonds. The van der Waals surface area contributed by atoms with Gasteiger partial charge in [-0.15, -0.1) is 0 Å². The fraction of sp³-hybridized carbons (Fsp3) is 0.381. The highest BCUT2D eigenvalue weighted by atomic mass is 32.2. The molecule has 2 aromatic rings. The summed E-state index contributed by atoms with van der Waals surface area (Å²) in [6.45, 7) is 5.61. The predicted molar refractivity (Wildman–Crippen MR) is 123 cm³/mol. The van der Waals surface area contributed by atoms with Gasteiger partial charge in [0.2, 0.25) is 0 Å². The summed E-state index contributed by atoms with van der Waals surface area (Å²) in [5.41, 5.74) is 7.93. The van der Waals surface area contributed by atoms with Crippen molar-refractivity contribution in [3.8, 4) is 5.75 Å². The molecule has 0 radical (unpaired) electrons. The molecule has 0 saturated carbocycles. The van der Waals surface area contributed by atoms with Crippen LogP contribution in [0.15, 0.2) is 40.1 Å². The summed E-state index contributed by atoms with van der Waals surface area (Å²) in [4.78, 5) is 11.5. The van der Waals surface area contributed by atoms with Gasteiger partial charge in [0.25, 0.3) is 0 Å². The molecule has 0 bridgehead atoms. The third-order valence-electron chi connectivity index (χ3n) is 4.77. The molecule has 0 fully saturated rings. The molecule has 2 rings (SSSR count). The van der Waals surface area contributed by atoms with Gasteiger partial charge in [0.1, 0.15) is 5.75 Å². The Labute approximate surface area is 189 Å². The number of benzene rings is 2. The monoisotopic (exact) mass is 483 g/mol. The fourth-order valence-electron chi connectivity index (χ4n) is 2.99. The largest absolute Gasteiger partial charge is 0.473 e. The van der Waals surface area contributed by atoms with Gasteiger partial charge in [0, 0.05) is 12.5 Å². The third kappa shape index (κ3) is 6.60. The van der Waals surface area contributed by atoms with Crippen molar-refractivity contribution in [1.29, 1.82) is 0 Å². The first-order valence-corrected chi connectivity index (χ1v) is 13.7. The lowest BCUT2D eigenvalue weighted by Crippen LogP contribution is -2.41. The lowest BCUT2D eigenvalue weighted by molar-refractivity contribution is 0.225. The maximum absolute atomic E-state index is 12.1. The molecule has 0 aliphatic heterocycles. The number of carbonyl (C=O) groups is 1. The van der Waals surface area contributed by atoms with Crippen LogP contribution in [0.5, 0.6) is 5.75 Å². The highest BCUT2D eigenvalue weighted by Gasteiger charge is 2.22. The van der Waals surface area contributed by atoms with Crippen LogP contribution in [0, 0.1) is 6.92 Å². The summed E-state index contributed by atoms with van der Waals surface area (Å²) in [6, 6.07) is 7.73. The Hall–Kier alpha value is -2.79. The molecule has 0 spiro atoms. The Kier molecular flexibility index (Phi) is 8.13. The van der Waals surface area contributed by atoms with Crippen LogP contribution in [-0.4, -0.2) is 42.1 Å².